The van der Waals surface area contributed by atoms with Crippen LogP contribution in [0.4, 0.5) is 0 Å². The molecule has 2 aromatic carbocycles. The number of piperidine rings is 1. The van der Waals surface area contributed by atoms with Crippen LogP contribution in [-0.2, 0) is 6.54 Å². The second-order valence-electron chi connectivity index (χ2n) is 8.58. The van der Waals surface area contributed by atoms with Gasteiger partial charge in [0.15, 0.2) is 0 Å². The number of aromatic nitrogens is 3. The molecular weight excluding hydrogens is 532 g/mol. The Kier molecular flexibility index (Phi) is 6.86. The Labute approximate surface area is 216 Å². The molecule has 1 aliphatic rings. The zero-order valence-corrected chi connectivity index (χ0v) is 21.9. The van der Waals surface area contributed by atoms with Gasteiger partial charge in [0.2, 0.25) is 0 Å². The van der Waals surface area contributed by atoms with Crippen LogP contribution in [0.5, 0.6) is 0 Å². The summed E-state index contributed by atoms with van der Waals surface area (Å²) < 4.78 is 3.07. The molecule has 0 unspecified atom stereocenters. The van der Waals surface area contributed by atoms with E-state index in [0.717, 1.165) is 57.9 Å². The summed E-state index contributed by atoms with van der Waals surface area (Å²) in [5, 5.41) is 4.00. The van der Waals surface area contributed by atoms with Gasteiger partial charge >= 0.3 is 0 Å². The summed E-state index contributed by atoms with van der Waals surface area (Å²) in [5.41, 5.74) is 4.69. The standard InChI is InChI=1S/C26H24BrClN4OS/c1-17-24(29-16-32(17)14-18-5-7-22(28)8-6-18)26(33)31-11-9-19(10-12-31)25-30-23(15-34-25)20-3-2-4-21(27)13-20/h2-8,13,15-16,19H,9-12,14H2,1H3. The average molecular weight is 556 g/mol. The van der Waals surface area contributed by atoms with Gasteiger partial charge < -0.3 is 9.47 Å². The van der Waals surface area contributed by atoms with Crippen molar-refractivity contribution in [3.63, 3.8) is 0 Å². The van der Waals surface area contributed by atoms with E-state index in [9.17, 15) is 4.79 Å². The van der Waals surface area contributed by atoms with Crippen molar-refractivity contribution in [3.05, 3.63) is 91.7 Å². The predicted molar refractivity (Wildman–Crippen MR) is 141 cm³/mol. The third-order valence-electron chi connectivity index (χ3n) is 6.34. The van der Waals surface area contributed by atoms with E-state index in [2.05, 4.69) is 38.4 Å². The molecule has 174 valence electrons. The maximum Gasteiger partial charge on any atom is 0.274 e. The predicted octanol–water partition coefficient (Wildman–Crippen LogP) is 6.80. The van der Waals surface area contributed by atoms with Crippen molar-refractivity contribution in [2.75, 3.05) is 13.1 Å². The number of hydrogen-bond donors (Lipinski definition) is 0. The van der Waals surface area contributed by atoms with E-state index in [1.165, 1.54) is 0 Å². The Morgan fingerprint density at radius 3 is 2.68 bits per heavy atom. The molecule has 0 aliphatic carbocycles. The molecule has 3 heterocycles. The van der Waals surface area contributed by atoms with Crippen molar-refractivity contribution < 1.29 is 4.79 Å². The van der Waals surface area contributed by atoms with Crippen LogP contribution >= 0.6 is 38.9 Å². The minimum Gasteiger partial charge on any atom is -0.337 e. The van der Waals surface area contributed by atoms with Gasteiger partial charge in [0.05, 0.1) is 17.0 Å². The molecule has 5 nitrogen and oxygen atoms in total. The summed E-state index contributed by atoms with van der Waals surface area (Å²) in [6.45, 7) is 4.06. The maximum absolute atomic E-state index is 13.2. The van der Waals surface area contributed by atoms with Crippen molar-refractivity contribution in [2.45, 2.75) is 32.2 Å². The monoisotopic (exact) mass is 554 g/mol. The lowest BCUT2D eigenvalue weighted by Gasteiger charge is -2.30. The van der Waals surface area contributed by atoms with Crippen molar-refractivity contribution in [3.8, 4) is 11.3 Å². The summed E-state index contributed by atoms with van der Waals surface area (Å²) in [5.74, 6) is 0.401. The molecule has 0 radical (unpaired) electrons. The Morgan fingerprint density at radius 1 is 1.18 bits per heavy atom. The number of thiazole rings is 1. The molecule has 4 aromatic rings. The Bertz CT molecular complexity index is 1310. The highest BCUT2D eigenvalue weighted by molar-refractivity contribution is 9.10. The lowest BCUT2D eigenvalue weighted by Crippen LogP contribution is -2.38. The molecule has 0 bridgehead atoms. The molecule has 34 heavy (non-hydrogen) atoms. The van der Waals surface area contributed by atoms with Crippen LogP contribution in [0.15, 0.2) is 64.7 Å². The highest BCUT2D eigenvalue weighted by Crippen LogP contribution is 2.34. The van der Waals surface area contributed by atoms with Gasteiger partial charge in [0.1, 0.15) is 5.69 Å². The molecule has 1 aliphatic heterocycles. The van der Waals surface area contributed by atoms with E-state index < -0.39 is 0 Å². The van der Waals surface area contributed by atoms with Crippen LogP contribution in [0.1, 0.15) is 45.5 Å². The van der Waals surface area contributed by atoms with E-state index in [1.54, 1.807) is 17.7 Å². The number of rotatable bonds is 5. The topological polar surface area (TPSA) is 51.0 Å². The van der Waals surface area contributed by atoms with E-state index in [-0.39, 0.29) is 5.91 Å². The van der Waals surface area contributed by atoms with Gasteiger partial charge in [0.25, 0.3) is 5.91 Å². The zero-order valence-electron chi connectivity index (χ0n) is 18.7. The second kappa shape index (κ2) is 10.0. The Balaban J connectivity index is 1.22. The minimum absolute atomic E-state index is 0.0137. The van der Waals surface area contributed by atoms with E-state index >= 15 is 0 Å². The summed E-state index contributed by atoms with van der Waals surface area (Å²) in [7, 11) is 0. The first-order chi connectivity index (χ1) is 16.5. The third kappa shape index (κ3) is 4.97. The first-order valence-corrected chi connectivity index (χ1v) is 13.3. The van der Waals surface area contributed by atoms with Gasteiger partial charge in [-0.05, 0) is 49.6 Å². The lowest BCUT2D eigenvalue weighted by molar-refractivity contribution is 0.0706. The Morgan fingerprint density at radius 2 is 1.94 bits per heavy atom. The normalized spacial score (nSPS) is 14.5. The fourth-order valence-corrected chi connectivity index (χ4v) is 5.86. The van der Waals surface area contributed by atoms with Crippen LogP contribution < -0.4 is 0 Å². The van der Waals surface area contributed by atoms with Gasteiger partial charge in [-0.15, -0.1) is 11.3 Å². The van der Waals surface area contributed by atoms with Crippen molar-refractivity contribution in [1.82, 2.24) is 19.4 Å². The van der Waals surface area contributed by atoms with E-state index in [1.807, 2.05) is 52.8 Å². The highest BCUT2D eigenvalue weighted by atomic mass is 79.9. The molecule has 0 atom stereocenters. The van der Waals surface area contributed by atoms with Gasteiger partial charge in [-0.1, -0.05) is 51.8 Å². The Hall–Kier alpha value is -2.48. The van der Waals surface area contributed by atoms with E-state index in [4.69, 9.17) is 16.6 Å². The molecule has 8 heteroatoms. The third-order valence-corrected chi connectivity index (χ3v) is 8.09. The average Bonchev–Trinajstić information content (AvgIpc) is 3.48. The molecule has 1 amide bonds. The molecule has 5 rings (SSSR count). The number of imidazole rings is 1. The second-order valence-corrected chi connectivity index (χ2v) is 10.8. The summed E-state index contributed by atoms with van der Waals surface area (Å²) >= 11 is 11.2. The molecule has 0 N–H and O–H groups in total. The first-order valence-electron chi connectivity index (χ1n) is 11.2. The molecule has 1 saturated heterocycles. The maximum atomic E-state index is 13.2. The number of likely N-dealkylation sites (tertiary alicyclic amines) is 1. The summed E-state index contributed by atoms with van der Waals surface area (Å²) in [4.78, 5) is 24.5. The van der Waals surface area contributed by atoms with Crippen LogP contribution in [0.25, 0.3) is 11.3 Å². The van der Waals surface area contributed by atoms with E-state index in [0.29, 0.717) is 23.2 Å². The molecule has 2 aromatic heterocycles. The van der Waals surface area contributed by atoms with Crippen LogP contribution in [0.3, 0.4) is 0 Å². The fraction of sp³-hybridized carbons (Fsp3) is 0.269. The summed E-state index contributed by atoms with van der Waals surface area (Å²) in [6.07, 6.45) is 3.59. The molecule has 0 spiro atoms. The summed E-state index contributed by atoms with van der Waals surface area (Å²) in [6, 6.07) is 16.0. The fourth-order valence-electron chi connectivity index (χ4n) is 4.33. The van der Waals surface area contributed by atoms with Crippen molar-refractivity contribution >= 4 is 44.8 Å². The number of amides is 1. The van der Waals surface area contributed by atoms with Gasteiger partial charge in [-0.25, -0.2) is 9.97 Å². The van der Waals surface area contributed by atoms with Crippen LogP contribution in [0, 0.1) is 6.92 Å². The SMILES string of the molecule is Cc1c(C(=O)N2CCC(c3nc(-c4cccc(Br)c4)cs3)CC2)ncn1Cc1ccc(Cl)cc1. The zero-order chi connectivity index (χ0) is 23.7. The molecule has 1 fully saturated rings. The van der Waals surface area contributed by atoms with Gasteiger partial charge in [-0.2, -0.15) is 0 Å². The number of carbonyl (C=O) groups is 1. The number of nitrogens with zero attached hydrogens (tertiary/aromatic N) is 4. The quantitative estimate of drug-likeness (QED) is 0.272. The number of hydrogen-bond acceptors (Lipinski definition) is 4. The minimum atomic E-state index is 0.0137. The molecular formula is C26H24BrClN4OS. The van der Waals surface area contributed by atoms with Gasteiger partial charge in [0, 0.05) is 51.7 Å². The number of carbonyl (C=O) groups excluding carboxylic acids is 1. The smallest absolute Gasteiger partial charge is 0.274 e. The van der Waals surface area contributed by atoms with Crippen molar-refractivity contribution in [1.29, 1.82) is 0 Å². The number of halogens is 2. The van der Waals surface area contributed by atoms with Crippen LogP contribution in [-0.4, -0.2) is 38.4 Å². The largest absolute Gasteiger partial charge is 0.337 e. The van der Waals surface area contributed by atoms with Crippen molar-refractivity contribution in [2.24, 2.45) is 0 Å². The highest BCUT2D eigenvalue weighted by Gasteiger charge is 2.28. The van der Waals surface area contributed by atoms with Crippen LogP contribution in [0.2, 0.25) is 5.02 Å². The van der Waals surface area contributed by atoms with Gasteiger partial charge in [-0.3, -0.25) is 4.79 Å². The number of benzene rings is 2. The first kappa shape index (κ1) is 23.3. The molecule has 0 saturated carbocycles. The lowest BCUT2D eigenvalue weighted by atomic mass is 9.97.